The number of oxazole rings is 1. The Morgan fingerprint density at radius 3 is 2.54 bits per heavy atom. The van der Waals surface area contributed by atoms with Gasteiger partial charge in [-0.2, -0.15) is 0 Å². The van der Waals surface area contributed by atoms with Gasteiger partial charge in [-0.3, -0.25) is 4.79 Å². The van der Waals surface area contributed by atoms with Crippen LogP contribution in [0.3, 0.4) is 0 Å². The van der Waals surface area contributed by atoms with Gasteiger partial charge in [-0.05, 0) is 51.8 Å². The third-order valence-electron chi connectivity index (χ3n) is 5.46. The molecule has 126 valence electrons. The molecule has 5 heteroatoms. The largest absolute Gasteiger partial charge is 0.431 e. The van der Waals surface area contributed by atoms with Crippen LogP contribution >= 0.6 is 0 Å². The molecule has 0 spiro atoms. The molecule has 4 rings (SSSR count). The minimum atomic E-state index is -0.142. The monoisotopic (exact) mass is 325 g/mol. The molecule has 3 heterocycles. The zero-order chi connectivity index (χ0) is 16.7. The molecule has 2 aliphatic heterocycles. The Balaban J connectivity index is 1.48. The minimum absolute atomic E-state index is 0.142. The van der Waals surface area contributed by atoms with Crippen molar-refractivity contribution < 1.29 is 9.21 Å². The van der Waals surface area contributed by atoms with Gasteiger partial charge in [-0.25, -0.2) is 4.98 Å². The van der Waals surface area contributed by atoms with Crippen LogP contribution in [0.15, 0.2) is 34.7 Å². The van der Waals surface area contributed by atoms with Crippen molar-refractivity contribution >= 4 is 5.91 Å². The van der Waals surface area contributed by atoms with Gasteiger partial charge in [0.15, 0.2) is 0 Å². The van der Waals surface area contributed by atoms with E-state index in [4.69, 9.17) is 4.42 Å². The normalized spacial score (nSPS) is 26.5. The summed E-state index contributed by atoms with van der Waals surface area (Å²) in [7, 11) is 2.20. The predicted octanol–water partition coefficient (Wildman–Crippen LogP) is 3.01. The number of nitrogens with one attached hydrogen (secondary N) is 1. The highest BCUT2D eigenvalue weighted by molar-refractivity contribution is 5.93. The van der Waals surface area contributed by atoms with E-state index in [0.29, 0.717) is 29.4 Å². The van der Waals surface area contributed by atoms with Crippen molar-refractivity contribution in [3.05, 3.63) is 41.8 Å². The zero-order valence-corrected chi connectivity index (χ0v) is 14.2. The van der Waals surface area contributed by atoms with Gasteiger partial charge in [-0.1, -0.05) is 18.2 Å². The van der Waals surface area contributed by atoms with Gasteiger partial charge in [0, 0.05) is 23.7 Å². The van der Waals surface area contributed by atoms with Crippen LogP contribution < -0.4 is 5.32 Å². The first kappa shape index (κ1) is 15.4. The lowest BCUT2D eigenvalue weighted by Crippen LogP contribution is -2.48. The number of rotatable bonds is 3. The molecule has 2 bridgehead atoms. The van der Waals surface area contributed by atoms with E-state index >= 15 is 0 Å². The van der Waals surface area contributed by atoms with Crippen LogP contribution in [0.5, 0.6) is 0 Å². The van der Waals surface area contributed by atoms with E-state index < -0.39 is 0 Å². The van der Waals surface area contributed by atoms with Gasteiger partial charge in [0.25, 0.3) is 5.91 Å². The number of nitrogens with zero attached hydrogens (tertiary/aromatic N) is 2. The second-order valence-corrected chi connectivity index (χ2v) is 6.99. The molecule has 0 aliphatic carbocycles. The zero-order valence-electron chi connectivity index (χ0n) is 14.2. The molecule has 1 amide bonds. The van der Waals surface area contributed by atoms with E-state index in [1.54, 1.807) is 0 Å². The fraction of sp³-hybridized carbons (Fsp3) is 0.474. The number of fused-ring (bicyclic) bond motifs is 2. The molecular formula is C19H23N3O2. The average Bonchev–Trinajstić information content (AvgIpc) is 3.05. The van der Waals surface area contributed by atoms with Crippen molar-refractivity contribution in [1.29, 1.82) is 0 Å². The van der Waals surface area contributed by atoms with Crippen LogP contribution in [0.4, 0.5) is 0 Å². The maximum atomic E-state index is 12.6. The molecule has 1 aromatic carbocycles. The fourth-order valence-corrected chi connectivity index (χ4v) is 4.09. The maximum absolute atomic E-state index is 12.6. The first-order chi connectivity index (χ1) is 11.6. The van der Waals surface area contributed by atoms with Gasteiger partial charge in [0.05, 0.1) is 5.69 Å². The number of hydrogen-bond acceptors (Lipinski definition) is 4. The summed E-state index contributed by atoms with van der Waals surface area (Å²) in [5, 5.41) is 3.16. The van der Waals surface area contributed by atoms with Gasteiger partial charge in [-0.15, -0.1) is 0 Å². The van der Waals surface area contributed by atoms with Crippen LogP contribution in [0.2, 0.25) is 0 Å². The third-order valence-corrected chi connectivity index (χ3v) is 5.46. The number of carbonyl (C=O) groups is 1. The predicted molar refractivity (Wildman–Crippen MR) is 91.7 cm³/mol. The molecule has 0 saturated carbocycles. The first-order valence-corrected chi connectivity index (χ1v) is 8.67. The first-order valence-electron chi connectivity index (χ1n) is 8.67. The van der Waals surface area contributed by atoms with Crippen LogP contribution in [-0.2, 0) is 0 Å². The summed E-state index contributed by atoms with van der Waals surface area (Å²) in [6.07, 6.45) is 4.54. The Kier molecular flexibility index (Phi) is 3.88. The van der Waals surface area contributed by atoms with Crippen molar-refractivity contribution in [2.24, 2.45) is 0 Å². The fourth-order valence-electron chi connectivity index (χ4n) is 4.09. The van der Waals surface area contributed by atoms with Crippen molar-refractivity contribution in [1.82, 2.24) is 15.2 Å². The van der Waals surface area contributed by atoms with Crippen LogP contribution in [0, 0.1) is 6.92 Å². The van der Waals surface area contributed by atoms with Crippen LogP contribution in [-0.4, -0.2) is 41.0 Å². The Morgan fingerprint density at radius 1 is 1.21 bits per heavy atom. The Labute approximate surface area is 142 Å². The highest BCUT2D eigenvalue weighted by Crippen LogP contribution is 2.34. The second kappa shape index (κ2) is 6.06. The summed E-state index contributed by atoms with van der Waals surface area (Å²) in [5.74, 6) is 0.693. The quantitative estimate of drug-likeness (QED) is 0.942. The van der Waals surface area contributed by atoms with E-state index in [0.717, 1.165) is 18.4 Å². The number of aryl methyl sites for hydroxylation is 1. The summed E-state index contributed by atoms with van der Waals surface area (Å²) >= 11 is 0. The summed E-state index contributed by atoms with van der Waals surface area (Å²) in [6.45, 7) is 1.82. The topological polar surface area (TPSA) is 58.4 Å². The third kappa shape index (κ3) is 2.73. The van der Waals surface area contributed by atoms with Crippen molar-refractivity contribution in [2.45, 2.75) is 50.7 Å². The van der Waals surface area contributed by atoms with Crippen molar-refractivity contribution in [2.75, 3.05) is 7.05 Å². The van der Waals surface area contributed by atoms with Crippen LogP contribution in [0.25, 0.3) is 11.5 Å². The summed E-state index contributed by atoms with van der Waals surface area (Å²) < 4.78 is 5.76. The molecule has 2 aromatic rings. The Morgan fingerprint density at radius 2 is 1.88 bits per heavy atom. The van der Waals surface area contributed by atoms with Gasteiger partial charge < -0.3 is 14.6 Å². The molecule has 2 saturated heterocycles. The van der Waals surface area contributed by atoms with Gasteiger partial charge in [0.2, 0.25) is 11.7 Å². The SMILES string of the molecule is Cc1nc(-c2ccccc2)oc1C(=O)NC1CC2CCC(C1)N2C. The van der Waals surface area contributed by atoms with E-state index in [9.17, 15) is 4.79 Å². The second-order valence-electron chi connectivity index (χ2n) is 6.99. The Bertz CT molecular complexity index is 726. The number of amides is 1. The minimum Gasteiger partial charge on any atom is -0.431 e. The smallest absolute Gasteiger partial charge is 0.289 e. The number of hydrogen-bond donors (Lipinski definition) is 1. The average molecular weight is 325 g/mol. The summed E-state index contributed by atoms with van der Waals surface area (Å²) in [5.41, 5.74) is 1.53. The van der Waals surface area contributed by atoms with Crippen molar-refractivity contribution in [3.8, 4) is 11.5 Å². The number of piperidine rings is 1. The molecule has 2 atom stereocenters. The summed E-state index contributed by atoms with van der Waals surface area (Å²) in [6, 6.07) is 11.1. The molecule has 2 unspecified atom stereocenters. The Hall–Kier alpha value is -2.14. The molecule has 24 heavy (non-hydrogen) atoms. The van der Waals surface area contributed by atoms with Crippen LogP contribution in [0.1, 0.15) is 41.9 Å². The van der Waals surface area contributed by atoms with E-state index in [2.05, 4.69) is 22.2 Å². The van der Waals surface area contributed by atoms with E-state index in [1.165, 1.54) is 12.8 Å². The lowest BCUT2D eigenvalue weighted by Gasteiger charge is -2.36. The van der Waals surface area contributed by atoms with E-state index in [-0.39, 0.29) is 11.9 Å². The highest BCUT2D eigenvalue weighted by atomic mass is 16.4. The molecule has 5 nitrogen and oxygen atoms in total. The molecule has 2 aliphatic rings. The number of carbonyl (C=O) groups excluding carboxylic acids is 1. The highest BCUT2D eigenvalue weighted by Gasteiger charge is 2.39. The molecule has 2 fully saturated rings. The molecule has 0 radical (unpaired) electrons. The summed E-state index contributed by atoms with van der Waals surface area (Å²) in [4.78, 5) is 19.5. The molecule has 1 aromatic heterocycles. The maximum Gasteiger partial charge on any atom is 0.289 e. The van der Waals surface area contributed by atoms with E-state index in [1.807, 2.05) is 37.3 Å². The lowest BCUT2D eigenvalue weighted by molar-refractivity contribution is 0.0855. The van der Waals surface area contributed by atoms with Gasteiger partial charge in [0.1, 0.15) is 0 Å². The van der Waals surface area contributed by atoms with Crippen molar-refractivity contribution in [3.63, 3.8) is 0 Å². The molecule has 1 N–H and O–H groups in total. The van der Waals surface area contributed by atoms with Gasteiger partial charge >= 0.3 is 0 Å². The molecular weight excluding hydrogens is 302 g/mol. The number of benzene rings is 1. The standard InChI is InChI=1S/C19H23N3O2/c1-12-17(24-19(20-12)13-6-4-3-5-7-13)18(23)21-14-10-15-8-9-16(11-14)22(15)2/h3-7,14-16H,8-11H2,1-2H3,(H,21,23). The lowest BCUT2D eigenvalue weighted by atomic mass is 9.98. The number of aromatic nitrogens is 1.